The molecule has 1 atom stereocenters. The van der Waals surface area contributed by atoms with Gasteiger partial charge in [-0.1, -0.05) is 0 Å². The van der Waals surface area contributed by atoms with E-state index >= 15 is 0 Å². The summed E-state index contributed by atoms with van der Waals surface area (Å²) in [5.74, 6) is -1.72. The number of alkyl halides is 3. The van der Waals surface area contributed by atoms with E-state index in [2.05, 4.69) is 5.32 Å². The van der Waals surface area contributed by atoms with Crippen LogP contribution in [0.2, 0.25) is 0 Å². The van der Waals surface area contributed by atoms with Gasteiger partial charge in [0.05, 0.1) is 6.42 Å². The van der Waals surface area contributed by atoms with E-state index in [0.29, 0.717) is 0 Å². The van der Waals surface area contributed by atoms with Crippen molar-refractivity contribution >= 4 is 11.9 Å². The van der Waals surface area contributed by atoms with Crippen LogP contribution >= 0.6 is 0 Å². The Labute approximate surface area is 90.8 Å². The molecule has 0 heterocycles. The molecular weight excluding hydrogens is 227 g/mol. The average Bonchev–Trinajstić information content (AvgIpc) is 2.10. The Hall–Kier alpha value is -1.27. The molecule has 7 heteroatoms. The predicted octanol–water partition coefficient (Wildman–Crippen LogP) is 1.70. The fraction of sp³-hybridized carbons (Fsp3) is 0.778. The Morgan fingerprint density at radius 1 is 1.31 bits per heavy atom. The molecule has 4 nitrogen and oxygen atoms in total. The summed E-state index contributed by atoms with van der Waals surface area (Å²) in [4.78, 5) is 21.2. The molecule has 0 fully saturated rings. The number of aliphatic carboxylic acids is 1. The van der Waals surface area contributed by atoms with E-state index in [1.807, 2.05) is 0 Å². The first-order chi connectivity index (χ1) is 7.20. The number of hydrogen-bond acceptors (Lipinski definition) is 2. The summed E-state index contributed by atoms with van der Waals surface area (Å²) < 4.78 is 35.2. The Balaban J connectivity index is 3.74. The molecule has 0 saturated carbocycles. The van der Waals surface area contributed by atoms with Gasteiger partial charge in [-0.2, -0.15) is 13.2 Å². The van der Waals surface area contributed by atoms with Crippen LogP contribution in [0.1, 0.15) is 32.6 Å². The predicted molar refractivity (Wildman–Crippen MR) is 49.8 cm³/mol. The molecule has 0 aliphatic heterocycles. The van der Waals surface area contributed by atoms with Crippen LogP contribution in [0, 0.1) is 0 Å². The van der Waals surface area contributed by atoms with E-state index in [0.717, 1.165) is 0 Å². The van der Waals surface area contributed by atoms with Crippen molar-refractivity contribution < 1.29 is 27.9 Å². The second-order valence-corrected chi connectivity index (χ2v) is 3.52. The molecule has 0 radical (unpaired) electrons. The Bertz CT molecular complexity index is 253. The van der Waals surface area contributed by atoms with E-state index in [4.69, 9.17) is 5.11 Å². The quantitative estimate of drug-likeness (QED) is 0.743. The fourth-order valence-corrected chi connectivity index (χ4v) is 1.01. The van der Waals surface area contributed by atoms with E-state index in [-0.39, 0.29) is 12.8 Å². The van der Waals surface area contributed by atoms with E-state index in [9.17, 15) is 22.8 Å². The lowest BCUT2D eigenvalue weighted by Crippen LogP contribution is -2.33. The van der Waals surface area contributed by atoms with Gasteiger partial charge in [0.1, 0.15) is 0 Å². The number of carbonyl (C=O) groups excluding carboxylic acids is 1. The number of hydrogen-bond donors (Lipinski definition) is 2. The van der Waals surface area contributed by atoms with Crippen LogP contribution in [0.4, 0.5) is 13.2 Å². The zero-order valence-corrected chi connectivity index (χ0v) is 8.80. The van der Waals surface area contributed by atoms with Crippen molar-refractivity contribution in [2.45, 2.75) is 44.8 Å². The minimum Gasteiger partial charge on any atom is -0.481 e. The second-order valence-electron chi connectivity index (χ2n) is 3.52. The Morgan fingerprint density at radius 2 is 1.88 bits per heavy atom. The molecule has 0 aromatic carbocycles. The second kappa shape index (κ2) is 6.34. The molecule has 0 spiro atoms. The largest absolute Gasteiger partial charge is 0.481 e. The highest BCUT2D eigenvalue weighted by atomic mass is 19.4. The van der Waals surface area contributed by atoms with Crippen molar-refractivity contribution in [1.29, 1.82) is 0 Å². The molecule has 0 aromatic rings. The topological polar surface area (TPSA) is 66.4 Å². The van der Waals surface area contributed by atoms with Gasteiger partial charge in [-0.15, -0.1) is 0 Å². The van der Waals surface area contributed by atoms with Gasteiger partial charge in [0.15, 0.2) is 0 Å². The summed E-state index contributed by atoms with van der Waals surface area (Å²) in [5.41, 5.74) is 0. The van der Waals surface area contributed by atoms with Gasteiger partial charge >= 0.3 is 12.1 Å². The molecule has 0 aromatic heterocycles. The van der Waals surface area contributed by atoms with Crippen molar-refractivity contribution in [3.8, 4) is 0 Å². The smallest absolute Gasteiger partial charge is 0.389 e. The highest BCUT2D eigenvalue weighted by Crippen LogP contribution is 2.21. The maximum Gasteiger partial charge on any atom is 0.389 e. The van der Waals surface area contributed by atoms with E-state index in [1.54, 1.807) is 6.92 Å². The normalized spacial score (nSPS) is 13.2. The molecule has 0 rings (SSSR count). The number of carboxylic acids is 1. The van der Waals surface area contributed by atoms with Gasteiger partial charge < -0.3 is 10.4 Å². The first kappa shape index (κ1) is 14.7. The minimum atomic E-state index is -4.35. The minimum absolute atomic E-state index is 0.124. The molecule has 0 aliphatic rings. The third-order valence-electron chi connectivity index (χ3n) is 1.83. The van der Waals surface area contributed by atoms with E-state index in [1.165, 1.54) is 0 Å². The highest BCUT2D eigenvalue weighted by molar-refractivity contribution is 5.76. The first-order valence-corrected chi connectivity index (χ1v) is 4.78. The van der Waals surface area contributed by atoms with Crippen molar-refractivity contribution in [2.75, 3.05) is 0 Å². The van der Waals surface area contributed by atoms with Crippen LogP contribution in [0.15, 0.2) is 0 Å². The lowest BCUT2D eigenvalue weighted by atomic mass is 10.1. The van der Waals surface area contributed by atoms with E-state index < -0.39 is 36.9 Å². The summed E-state index contributed by atoms with van der Waals surface area (Å²) in [6.45, 7) is 1.55. The maximum absolute atomic E-state index is 11.7. The van der Waals surface area contributed by atoms with Gasteiger partial charge in [-0.05, 0) is 13.3 Å². The molecule has 1 unspecified atom stereocenters. The monoisotopic (exact) mass is 241 g/mol. The number of carbonyl (C=O) groups is 2. The van der Waals surface area contributed by atoms with Crippen molar-refractivity contribution in [1.82, 2.24) is 5.32 Å². The molecule has 0 saturated heterocycles. The van der Waals surface area contributed by atoms with Crippen molar-refractivity contribution in [3.63, 3.8) is 0 Å². The summed E-state index contributed by atoms with van der Waals surface area (Å²) in [6.07, 6.45) is -6.05. The number of amides is 1. The summed E-state index contributed by atoms with van der Waals surface area (Å²) in [6, 6.07) is -0.433. The Morgan fingerprint density at radius 3 is 2.31 bits per heavy atom. The van der Waals surface area contributed by atoms with Crippen LogP contribution in [-0.4, -0.2) is 29.2 Å². The Kier molecular flexibility index (Phi) is 5.84. The van der Waals surface area contributed by atoms with Gasteiger partial charge in [0, 0.05) is 18.9 Å². The van der Waals surface area contributed by atoms with Crippen LogP contribution < -0.4 is 5.32 Å². The van der Waals surface area contributed by atoms with Crippen LogP contribution in [0.5, 0.6) is 0 Å². The molecule has 16 heavy (non-hydrogen) atoms. The molecule has 2 N–H and O–H groups in total. The zero-order chi connectivity index (χ0) is 12.8. The third kappa shape index (κ3) is 9.29. The van der Waals surface area contributed by atoms with Crippen LogP contribution in [-0.2, 0) is 9.59 Å². The molecule has 94 valence electrons. The standard InChI is InChI=1S/C9H14F3NO3/c1-6(2-3-8(15)16)13-7(14)4-5-9(10,11)12/h6H,2-5H2,1H3,(H,13,14)(H,15,16). The fourth-order valence-electron chi connectivity index (χ4n) is 1.01. The average molecular weight is 241 g/mol. The maximum atomic E-state index is 11.7. The van der Waals surface area contributed by atoms with Gasteiger partial charge in [0.2, 0.25) is 5.91 Å². The molecular formula is C9H14F3NO3. The SMILES string of the molecule is CC(CCC(=O)O)NC(=O)CCC(F)(F)F. The number of nitrogens with one attached hydrogen (secondary N) is 1. The number of carboxylic acid groups (broad SMARTS) is 1. The lowest BCUT2D eigenvalue weighted by Gasteiger charge is -2.13. The summed E-state index contributed by atoms with van der Waals surface area (Å²) in [5, 5.41) is 10.7. The van der Waals surface area contributed by atoms with Crippen molar-refractivity contribution in [2.24, 2.45) is 0 Å². The van der Waals surface area contributed by atoms with Crippen LogP contribution in [0.25, 0.3) is 0 Å². The summed E-state index contributed by atoms with van der Waals surface area (Å²) in [7, 11) is 0. The number of halogens is 3. The van der Waals surface area contributed by atoms with Crippen molar-refractivity contribution in [3.05, 3.63) is 0 Å². The zero-order valence-electron chi connectivity index (χ0n) is 8.80. The third-order valence-corrected chi connectivity index (χ3v) is 1.83. The van der Waals surface area contributed by atoms with Crippen LogP contribution in [0.3, 0.4) is 0 Å². The molecule has 0 bridgehead atoms. The first-order valence-electron chi connectivity index (χ1n) is 4.78. The molecule has 1 amide bonds. The summed E-state index contributed by atoms with van der Waals surface area (Å²) >= 11 is 0. The van der Waals surface area contributed by atoms with Gasteiger partial charge in [-0.25, -0.2) is 0 Å². The molecule has 0 aliphatic carbocycles. The van der Waals surface area contributed by atoms with Gasteiger partial charge in [-0.3, -0.25) is 9.59 Å². The number of rotatable bonds is 6. The van der Waals surface area contributed by atoms with Gasteiger partial charge in [0.25, 0.3) is 0 Å². The highest BCUT2D eigenvalue weighted by Gasteiger charge is 2.28. The lowest BCUT2D eigenvalue weighted by molar-refractivity contribution is -0.144.